The number of imide groups is 1. The Bertz CT molecular complexity index is 684. The maximum atomic E-state index is 11.8. The highest BCUT2D eigenvalue weighted by molar-refractivity contribution is 6.04. The summed E-state index contributed by atoms with van der Waals surface area (Å²) < 4.78 is 8.01. The van der Waals surface area contributed by atoms with Gasteiger partial charge in [0.05, 0.1) is 0 Å². The molecule has 21 heavy (non-hydrogen) atoms. The molecule has 7 nitrogen and oxygen atoms in total. The van der Waals surface area contributed by atoms with Crippen LogP contribution in [0.3, 0.4) is 0 Å². The summed E-state index contributed by atoms with van der Waals surface area (Å²) >= 11 is 0. The molecule has 0 atom stereocenters. The average Bonchev–Trinajstić information content (AvgIpc) is 3.04. The highest BCUT2D eigenvalue weighted by Crippen LogP contribution is 2.02. The van der Waals surface area contributed by atoms with Crippen LogP contribution in [0.1, 0.15) is 21.0 Å². The first-order chi connectivity index (χ1) is 9.99. The van der Waals surface area contributed by atoms with Crippen molar-refractivity contribution in [1.29, 1.82) is 0 Å². The van der Waals surface area contributed by atoms with Gasteiger partial charge in [0.2, 0.25) is 0 Å². The van der Waals surface area contributed by atoms with Gasteiger partial charge < -0.3 is 13.9 Å². The van der Waals surface area contributed by atoms with E-state index in [2.05, 4.69) is 5.32 Å². The fraction of sp³-hybridized carbons (Fsp3) is 0.214. The van der Waals surface area contributed by atoms with Crippen molar-refractivity contribution in [1.82, 2.24) is 14.5 Å². The molecule has 0 saturated heterocycles. The van der Waals surface area contributed by atoms with Crippen LogP contribution in [-0.4, -0.2) is 33.5 Å². The van der Waals surface area contributed by atoms with E-state index in [1.807, 2.05) is 0 Å². The molecule has 2 amide bonds. The molecule has 0 aliphatic rings. The minimum Gasteiger partial charge on any atom is -0.451 e. The maximum Gasteiger partial charge on any atom is 0.355 e. The zero-order chi connectivity index (χ0) is 15.4. The van der Waals surface area contributed by atoms with Gasteiger partial charge in [-0.1, -0.05) is 0 Å². The Labute approximate surface area is 121 Å². The third-order valence-corrected chi connectivity index (χ3v) is 2.92. The van der Waals surface area contributed by atoms with Crippen LogP contribution in [0.2, 0.25) is 0 Å². The number of amides is 2. The number of hydrogen-bond donors (Lipinski definition) is 1. The Morgan fingerprint density at radius 1 is 1.05 bits per heavy atom. The number of aromatic nitrogens is 2. The molecular weight excluding hydrogens is 274 g/mol. The summed E-state index contributed by atoms with van der Waals surface area (Å²) in [5.41, 5.74) is 0.675. The van der Waals surface area contributed by atoms with Crippen LogP contribution in [0.15, 0.2) is 36.7 Å². The SMILES string of the molecule is Cn1cccc1C(=O)NC(=O)COC(=O)c1cccn1C. The Balaban J connectivity index is 1.86. The second-order valence-corrected chi connectivity index (χ2v) is 4.46. The quantitative estimate of drug-likeness (QED) is 0.830. The van der Waals surface area contributed by atoms with Gasteiger partial charge in [0.25, 0.3) is 11.8 Å². The van der Waals surface area contributed by atoms with E-state index in [-0.39, 0.29) is 0 Å². The van der Waals surface area contributed by atoms with Gasteiger partial charge in [-0.25, -0.2) is 4.79 Å². The fourth-order valence-corrected chi connectivity index (χ4v) is 1.80. The largest absolute Gasteiger partial charge is 0.451 e. The molecule has 7 heteroatoms. The summed E-state index contributed by atoms with van der Waals surface area (Å²) in [4.78, 5) is 35.0. The maximum absolute atomic E-state index is 11.8. The first-order valence-corrected chi connectivity index (χ1v) is 6.23. The van der Waals surface area contributed by atoms with Gasteiger partial charge >= 0.3 is 5.97 Å². The molecule has 2 heterocycles. The van der Waals surface area contributed by atoms with Crippen LogP contribution in [0.5, 0.6) is 0 Å². The summed E-state index contributed by atoms with van der Waals surface area (Å²) in [5, 5.41) is 2.16. The Morgan fingerprint density at radius 3 is 2.14 bits per heavy atom. The molecule has 2 aromatic heterocycles. The number of rotatable bonds is 4. The lowest BCUT2D eigenvalue weighted by Crippen LogP contribution is -2.35. The molecule has 0 bridgehead atoms. The molecule has 0 unspecified atom stereocenters. The second kappa shape index (κ2) is 6.08. The number of esters is 1. The topological polar surface area (TPSA) is 82.3 Å². The highest BCUT2D eigenvalue weighted by atomic mass is 16.5. The molecule has 0 spiro atoms. The molecule has 110 valence electrons. The van der Waals surface area contributed by atoms with Crippen LogP contribution in [0, 0.1) is 0 Å². The number of hydrogen-bond acceptors (Lipinski definition) is 4. The van der Waals surface area contributed by atoms with Crippen molar-refractivity contribution in [2.24, 2.45) is 14.1 Å². The molecular formula is C14H15N3O4. The van der Waals surface area contributed by atoms with Gasteiger partial charge in [0.1, 0.15) is 11.4 Å². The molecule has 0 aliphatic carbocycles. The fourth-order valence-electron chi connectivity index (χ4n) is 1.80. The molecule has 1 N–H and O–H groups in total. The molecule has 0 radical (unpaired) electrons. The zero-order valence-electron chi connectivity index (χ0n) is 11.7. The number of nitrogens with one attached hydrogen (secondary N) is 1. The van der Waals surface area contributed by atoms with Crippen molar-refractivity contribution in [2.45, 2.75) is 0 Å². The number of ether oxygens (including phenoxy) is 1. The minimum atomic E-state index is -0.677. The van der Waals surface area contributed by atoms with Crippen molar-refractivity contribution in [2.75, 3.05) is 6.61 Å². The van der Waals surface area contributed by atoms with E-state index in [9.17, 15) is 14.4 Å². The number of nitrogens with zero attached hydrogens (tertiary/aromatic N) is 2. The van der Waals surface area contributed by atoms with Crippen molar-refractivity contribution in [3.8, 4) is 0 Å². The van der Waals surface area contributed by atoms with E-state index in [1.54, 1.807) is 59.9 Å². The molecule has 2 aromatic rings. The van der Waals surface area contributed by atoms with Crippen molar-refractivity contribution in [3.63, 3.8) is 0 Å². The average molecular weight is 289 g/mol. The van der Waals surface area contributed by atoms with E-state index in [1.165, 1.54) is 0 Å². The third kappa shape index (κ3) is 3.38. The van der Waals surface area contributed by atoms with Crippen LogP contribution in [0.4, 0.5) is 0 Å². The van der Waals surface area contributed by atoms with E-state index < -0.39 is 24.4 Å². The molecule has 2 rings (SSSR count). The first-order valence-electron chi connectivity index (χ1n) is 6.23. The molecule has 0 saturated carbocycles. The Hall–Kier alpha value is -2.83. The van der Waals surface area contributed by atoms with Crippen LogP contribution >= 0.6 is 0 Å². The van der Waals surface area contributed by atoms with Crippen LogP contribution in [0.25, 0.3) is 0 Å². The molecule has 0 aliphatic heterocycles. The summed E-state index contributed by atoms with van der Waals surface area (Å²) in [6.45, 7) is -0.514. The van der Waals surface area contributed by atoms with Gasteiger partial charge in [0, 0.05) is 26.5 Å². The van der Waals surface area contributed by atoms with Crippen LogP contribution < -0.4 is 5.32 Å². The van der Waals surface area contributed by atoms with E-state index in [0.29, 0.717) is 11.4 Å². The Kier molecular flexibility index (Phi) is 4.22. The monoisotopic (exact) mass is 289 g/mol. The van der Waals surface area contributed by atoms with Crippen molar-refractivity contribution in [3.05, 3.63) is 48.0 Å². The number of aryl methyl sites for hydroxylation is 2. The number of carbonyl (C=O) groups is 3. The predicted octanol–water partition coefficient (Wildman–Crippen LogP) is 0.477. The minimum absolute atomic E-state index is 0.330. The van der Waals surface area contributed by atoms with E-state index in [0.717, 1.165) is 0 Å². The highest BCUT2D eigenvalue weighted by Gasteiger charge is 2.16. The van der Waals surface area contributed by atoms with Gasteiger partial charge in [-0.3, -0.25) is 14.9 Å². The van der Waals surface area contributed by atoms with Crippen molar-refractivity contribution >= 4 is 17.8 Å². The summed E-state index contributed by atoms with van der Waals surface area (Å²) in [7, 11) is 3.38. The third-order valence-electron chi connectivity index (χ3n) is 2.92. The normalized spacial score (nSPS) is 10.2. The molecule has 0 aromatic carbocycles. The van der Waals surface area contributed by atoms with E-state index in [4.69, 9.17) is 4.74 Å². The van der Waals surface area contributed by atoms with Crippen molar-refractivity contribution < 1.29 is 19.1 Å². The molecule has 0 fully saturated rings. The second-order valence-electron chi connectivity index (χ2n) is 4.46. The van der Waals surface area contributed by atoms with E-state index >= 15 is 0 Å². The lowest BCUT2D eigenvalue weighted by atomic mass is 10.4. The summed E-state index contributed by atoms with van der Waals surface area (Å²) in [5.74, 6) is -1.84. The van der Waals surface area contributed by atoms with Gasteiger partial charge in [0.15, 0.2) is 6.61 Å². The first kappa shape index (κ1) is 14.6. The predicted molar refractivity (Wildman–Crippen MR) is 73.6 cm³/mol. The van der Waals surface area contributed by atoms with Crippen LogP contribution in [-0.2, 0) is 23.6 Å². The van der Waals surface area contributed by atoms with Gasteiger partial charge in [-0.2, -0.15) is 0 Å². The zero-order valence-corrected chi connectivity index (χ0v) is 11.7. The summed E-state index contributed by atoms with van der Waals surface area (Å²) in [6, 6.07) is 6.54. The smallest absolute Gasteiger partial charge is 0.355 e. The number of carbonyl (C=O) groups excluding carboxylic acids is 3. The lowest BCUT2D eigenvalue weighted by Gasteiger charge is -2.07. The van der Waals surface area contributed by atoms with Gasteiger partial charge in [-0.15, -0.1) is 0 Å². The summed E-state index contributed by atoms with van der Waals surface area (Å²) in [6.07, 6.45) is 3.38. The lowest BCUT2D eigenvalue weighted by molar-refractivity contribution is -0.123. The standard InChI is InChI=1S/C14H15N3O4/c1-16-7-3-5-10(16)13(19)15-12(18)9-21-14(20)11-6-4-8-17(11)2/h3-8H,9H2,1-2H3,(H,15,18,19). The van der Waals surface area contributed by atoms with Gasteiger partial charge in [-0.05, 0) is 24.3 Å². The Morgan fingerprint density at radius 2 is 1.62 bits per heavy atom.